The van der Waals surface area contributed by atoms with Gasteiger partial charge in [0.05, 0.1) is 18.5 Å². The highest BCUT2D eigenvalue weighted by atomic mass is 19.1. The summed E-state index contributed by atoms with van der Waals surface area (Å²) < 4.78 is 21.6. The molecular formula is C20H17FN6O2. The Hall–Kier alpha value is -3.75. The molecule has 3 aromatic heterocycles. The number of hydrogen-bond donors (Lipinski definition) is 2. The lowest BCUT2D eigenvalue weighted by atomic mass is 10.0. The van der Waals surface area contributed by atoms with Crippen molar-refractivity contribution >= 4 is 16.6 Å². The molecule has 5 rings (SSSR count). The Balaban J connectivity index is 1.57. The number of hydrogen-bond acceptors (Lipinski definition) is 6. The number of ether oxygens (including phenoxy) is 1. The number of H-pyrrole nitrogens is 1. The molecule has 1 aliphatic rings. The van der Waals surface area contributed by atoms with Crippen molar-refractivity contribution in [1.29, 1.82) is 0 Å². The maximum atomic E-state index is 14.4. The Kier molecular flexibility index (Phi) is 4.01. The van der Waals surface area contributed by atoms with Crippen molar-refractivity contribution < 1.29 is 9.13 Å². The van der Waals surface area contributed by atoms with E-state index in [0.717, 1.165) is 22.6 Å². The normalized spacial score (nSPS) is 12.8. The first kappa shape index (κ1) is 17.4. The molecule has 29 heavy (non-hydrogen) atoms. The van der Waals surface area contributed by atoms with Crippen molar-refractivity contribution in [2.75, 3.05) is 11.9 Å². The lowest BCUT2D eigenvalue weighted by Crippen LogP contribution is -2.09. The highest BCUT2D eigenvalue weighted by Gasteiger charge is 2.20. The van der Waals surface area contributed by atoms with Crippen LogP contribution in [0.4, 0.5) is 10.2 Å². The molecule has 0 bridgehead atoms. The van der Waals surface area contributed by atoms with Crippen LogP contribution in [0.2, 0.25) is 0 Å². The molecule has 0 amide bonds. The molecule has 0 unspecified atom stereocenters. The molecule has 0 fully saturated rings. The van der Waals surface area contributed by atoms with E-state index in [-0.39, 0.29) is 17.9 Å². The number of rotatable bonds is 4. The quantitative estimate of drug-likeness (QED) is 0.554. The predicted molar refractivity (Wildman–Crippen MR) is 105 cm³/mol. The fraction of sp³-hybridized carbons (Fsp3) is 0.200. The van der Waals surface area contributed by atoms with Crippen molar-refractivity contribution in [2.45, 2.75) is 13.0 Å². The third-order valence-electron chi connectivity index (χ3n) is 5.16. The monoisotopic (exact) mass is 392 g/mol. The first-order chi connectivity index (χ1) is 14.1. The summed E-state index contributed by atoms with van der Waals surface area (Å²) in [6.45, 7) is 0.813. The maximum Gasteiger partial charge on any atom is 0.248 e. The topological polar surface area (TPSA) is 97.7 Å². The van der Waals surface area contributed by atoms with Gasteiger partial charge in [-0.25, -0.2) is 14.1 Å². The van der Waals surface area contributed by atoms with E-state index in [1.54, 1.807) is 36.4 Å². The van der Waals surface area contributed by atoms with Gasteiger partial charge in [0.25, 0.3) is 0 Å². The number of nitrogens with one attached hydrogen (secondary N) is 2. The van der Waals surface area contributed by atoms with Crippen LogP contribution in [0.25, 0.3) is 22.0 Å². The van der Waals surface area contributed by atoms with E-state index in [0.29, 0.717) is 35.2 Å². The van der Waals surface area contributed by atoms with E-state index in [1.165, 1.54) is 12.1 Å². The molecule has 1 aromatic carbocycles. The number of fused-ring (bicyclic) bond motifs is 2. The molecular weight excluding hydrogens is 375 g/mol. The Bertz CT molecular complexity index is 1300. The van der Waals surface area contributed by atoms with Gasteiger partial charge < -0.3 is 15.0 Å². The molecule has 0 saturated carbocycles. The van der Waals surface area contributed by atoms with Crippen LogP contribution in [0.5, 0.6) is 5.75 Å². The molecule has 4 aromatic rings. The van der Waals surface area contributed by atoms with Crippen molar-refractivity contribution in [3.05, 3.63) is 64.1 Å². The Labute approximate surface area is 164 Å². The molecule has 8 nitrogen and oxygen atoms in total. The molecule has 0 spiro atoms. The Morgan fingerprint density at radius 2 is 2.21 bits per heavy atom. The van der Waals surface area contributed by atoms with Crippen LogP contribution < -0.4 is 15.6 Å². The number of nitrogens with zero attached hydrogens (tertiary/aromatic N) is 4. The zero-order chi connectivity index (χ0) is 20.0. The second kappa shape index (κ2) is 6.69. The van der Waals surface area contributed by atoms with Crippen LogP contribution in [-0.4, -0.2) is 31.6 Å². The third kappa shape index (κ3) is 2.91. The van der Waals surface area contributed by atoms with Crippen LogP contribution in [0.3, 0.4) is 0 Å². The summed E-state index contributed by atoms with van der Waals surface area (Å²) in [6.07, 6.45) is 5.57. The van der Waals surface area contributed by atoms with Gasteiger partial charge in [-0.3, -0.25) is 4.79 Å². The second-order valence-electron chi connectivity index (χ2n) is 6.84. The number of anilines is 1. The Morgan fingerprint density at radius 1 is 1.31 bits per heavy atom. The molecule has 146 valence electrons. The van der Waals surface area contributed by atoms with Crippen LogP contribution in [0.15, 0.2) is 41.6 Å². The first-order valence-electron chi connectivity index (χ1n) is 9.15. The number of aryl methyl sites for hydroxylation is 1. The largest absolute Gasteiger partial charge is 0.493 e. The minimum Gasteiger partial charge on any atom is -0.493 e. The minimum atomic E-state index is -0.281. The van der Waals surface area contributed by atoms with E-state index >= 15 is 0 Å². The minimum absolute atomic E-state index is 0.227. The van der Waals surface area contributed by atoms with Crippen LogP contribution >= 0.6 is 0 Å². The fourth-order valence-electron chi connectivity index (χ4n) is 3.72. The van der Waals surface area contributed by atoms with Crippen LogP contribution in [-0.2, 0) is 20.0 Å². The average Bonchev–Trinajstić information content (AvgIpc) is 3.36. The lowest BCUT2D eigenvalue weighted by Gasteiger charge is -2.14. The van der Waals surface area contributed by atoms with Gasteiger partial charge in [-0.2, -0.15) is 0 Å². The third-order valence-corrected chi connectivity index (χ3v) is 5.16. The average molecular weight is 392 g/mol. The van der Waals surface area contributed by atoms with E-state index < -0.39 is 0 Å². The highest BCUT2D eigenvalue weighted by Crippen LogP contribution is 2.32. The highest BCUT2D eigenvalue weighted by molar-refractivity contribution is 6.00. The molecule has 0 aliphatic carbocycles. The zero-order valence-electron chi connectivity index (χ0n) is 15.6. The summed E-state index contributed by atoms with van der Waals surface area (Å²) in [5, 5.41) is 12.5. The number of halogens is 1. The van der Waals surface area contributed by atoms with Gasteiger partial charge in [0, 0.05) is 65.9 Å². The first-order valence-corrected chi connectivity index (χ1v) is 9.15. The summed E-state index contributed by atoms with van der Waals surface area (Å²) in [5.41, 5.74) is 2.70. The maximum absolute atomic E-state index is 14.4. The molecule has 1 aliphatic heterocycles. The van der Waals surface area contributed by atoms with E-state index in [4.69, 9.17) is 4.74 Å². The van der Waals surface area contributed by atoms with Crippen molar-refractivity contribution in [3.8, 4) is 17.0 Å². The van der Waals surface area contributed by atoms with Gasteiger partial charge >= 0.3 is 0 Å². The number of pyridine rings is 2. The second-order valence-corrected chi connectivity index (χ2v) is 6.84. The predicted octanol–water partition coefficient (Wildman–Crippen LogP) is 2.40. The van der Waals surface area contributed by atoms with E-state index in [9.17, 15) is 9.18 Å². The van der Waals surface area contributed by atoms with Crippen molar-refractivity contribution in [2.24, 2.45) is 7.05 Å². The van der Waals surface area contributed by atoms with Crippen molar-refractivity contribution in [3.63, 3.8) is 0 Å². The number of aromatic nitrogens is 5. The summed E-state index contributed by atoms with van der Waals surface area (Å²) >= 11 is 0. The van der Waals surface area contributed by atoms with Gasteiger partial charge in [0.15, 0.2) is 0 Å². The number of aromatic amines is 1. The van der Waals surface area contributed by atoms with Crippen molar-refractivity contribution in [1.82, 2.24) is 25.0 Å². The van der Waals surface area contributed by atoms with E-state index in [1.807, 2.05) is 0 Å². The van der Waals surface area contributed by atoms with Gasteiger partial charge in [-0.15, -0.1) is 5.10 Å². The molecule has 0 atom stereocenters. The van der Waals surface area contributed by atoms with Gasteiger partial charge in [0.2, 0.25) is 5.56 Å². The van der Waals surface area contributed by atoms with Gasteiger partial charge in [0.1, 0.15) is 17.4 Å². The van der Waals surface area contributed by atoms with Crippen LogP contribution in [0, 0.1) is 5.82 Å². The zero-order valence-corrected chi connectivity index (χ0v) is 15.6. The molecule has 9 heteroatoms. The van der Waals surface area contributed by atoms with Crippen LogP contribution in [0.1, 0.15) is 11.1 Å². The standard InChI is InChI=1S/C20H17FN6O2/c1-27-17(10-25-26-27)14-8-24-20(15-9-22-19(28)6-12(14)15)23-7-13-11-4-5-29-18(11)3-2-16(13)21/h2-3,6,8-10H,4-5,7H2,1H3,(H,22,28)(H,23,24). The molecule has 2 N–H and O–H groups in total. The summed E-state index contributed by atoms with van der Waals surface area (Å²) in [7, 11) is 1.77. The molecule has 0 radical (unpaired) electrons. The summed E-state index contributed by atoms with van der Waals surface area (Å²) in [5.74, 6) is 0.993. The molecule has 0 saturated heterocycles. The summed E-state index contributed by atoms with van der Waals surface area (Å²) in [4.78, 5) is 19.2. The SMILES string of the molecule is Cn1nncc1-c1cnc(NCc2c(F)ccc3c2CCO3)c2c[nH]c(=O)cc12. The number of benzene rings is 1. The molecule has 4 heterocycles. The van der Waals surface area contributed by atoms with E-state index in [2.05, 4.69) is 25.6 Å². The summed E-state index contributed by atoms with van der Waals surface area (Å²) in [6, 6.07) is 4.60. The van der Waals surface area contributed by atoms with Gasteiger partial charge in [-0.1, -0.05) is 5.21 Å². The van der Waals surface area contributed by atoms with Gasteiger partial charge in [-0.05, 0) is 12.1 Å². The Morgan fingerprint density at radius 3 is 3.03 bits per heavy atom. The smallest absolute Gasteiger partial charge is 0.248 e. The lowest BCUT2D eigenvalue weighted by molar-refractivity contribution is 0.356. The fourth-order valence-corrected chi connectivity index (χ4v) is 3.72.